The van der Waals surface area contributed by atoms with Crippen molar-refractivity contribution in [3.63, 3.8) is 0 Å². The van der Waals surface area contributed by atoms with Crippen LogP contribution in [-0.4, -0.2) is 17.4 Å². The summed E-state index contributed by atoms with van der Waals surface area (Å²) in [5.74, 6) is 0.484. The molecule has 0 aromatic heterocycles. The van der Waals surface area contributed by atoms with Gasteiger partial charge in [-0.3, -0.25) is 10.1 Å². The fraction of sp³-hybridized carbons (Fsp3) is 0.200. The quantitative estimate of drug-likeness (QED) is 0.481. The third kappa shape index (κ3) is 3.06. The number of nitrogens with zero attached hydrogens (tertiary/aromatic N) is 1. The van der Waals surface area contributed by atoms with Crippen LogP contribution in [0, 0.1) is 10.1 Å². The Morgan fingerprint density at radius 1 is 1.60 bits per heavy atom. The summed E-state index contributed by atoms with van der Waals surface area (Å²) in [4.78, 5) is 10.3. The van der Waals surface area contributed by atoms with Gasteiger partial charge in [-0.25, -0.2) is 0 Å². The molecule has 0 fully saturated rings. The van der Waals surface area contributed by atoms with E-state index in [-0.39, 0.29) is 5.69 Å². The van der Waals surface area contributed by atoms with Gasteiger partial charge in [-0.2, -0.15) is 0 Å². The largest absolute Gasteiger partial charge is 0.497 e. The highest BCUT2D eigenvalue weighted by atomic mass is 79.9. The second kappa shape index (κ2) is 5.50. The van der Waals surface area contributed by atoms with Crippen LogP contribution in [0.2, 0.25) is 0 Å². The molecular weight excluding hydrogens is 262 g/mol. The Labute approximate surface area is 95.8 Å². The summed E-state index contributed by atoms with van der Waals surface area (Å²) in [6.45, 7) is 0. The van der Waals surface area contributed by atoms with E-state index < -0.39 is 4.92 Å². The van der Waals surface area contributed by atoms with Crippen LogP contribution in [-0.2, 0) is 0 Å². The van der Waals surface area contributed by atoms with Gasteiger partial charge in [0.1, 0.15) is 5.75 Å². The van der Waals surface area contributed by atoms with Crippen LogP contribution in [0.4, 0.5) is 5.69 Å². The third-order valence-electron chi connectivity index (χ3n) is 1.82. The first-order valence-corrected chi connectivity index (χ1v) is 5.36. The topological polar surface area (TPSA) is 52.4 Å². The number of halogens is 1. The molecule has 0 N–H and O–H groups in total. The number of nitro groups is 1. The average Bonchev–Trinajstić information content (AvgIpc) is 2.26. The zero-order valence-electron chi connectivity index (χ0n) is 8.14. The molecule has 0 amide bonds. The lowest BCUT2D eigenvalue weighted by atomic mass is 10.1. The number of rotatable bonds is 4. The van der Waals surface area contributed by atoms with E-state index in [4.69, 9.17) is 4.74 Å². The van der Waals surface area contributed by atoms with Gasteiger partial charge in [0.05, 0.1) is 23.7 Å². The van der Waals surface area contributed by atoms with Crippen molar-refractivity contribution in [1.29, 1.82) is 0 Å². The van der Waals surface area contributed by atoms with Crippen molar-refractivity contribution in [2.45, 2.75) is 0 Å². The summed E-state index contributed by atoms with van der Waals surface area (Å²) in [5.41, 5.74) is 0.617. The van der Waals surface area contributed by atoms with E-state index in [0.29, 0.717) is 16.6 Å². The number of allylic oxidation sites excluding steroid dienone is 1. The lowest BCUT2D eigenvalue weighted by Gasteiger charge is -2.01. The number of ether oxygens (including phenoxy) is 1. The molecule has 0 saturated carbocycles. The fourth-order valence-corrected chi connectivity index (χ4v) is 1.31. The van der Waals surface area contributed by atoms with Crippen molar-refractivity contribution in [3.05, 3.63) is 40.0 Å². The van der Waals surface area contributed by atoms with Crippen LogP contribution in [0.5, 0.6) is 5.75 Å². The molecule has 0 heterocycles. The normalized spacial score (nSPS) is 10.5. The van der Waals surface area contributed by atoms with Gasteiger partial charge >= 0.3 is 0 Å². The van der Waals surface area contributed by atoms with E-state index in [1.807, 2.05) is 0 Å². The molecule has 1 rings (SSSR count). The molecule has 0 bridgehead atoms. The number of alkyl halides is 1. The van der Waals surface area contributed by atoms with Crippen molar-refractivity contribution in [2.75, 3.05) is 12.4 Å². The minimum atomic E-state index is -0.420. The first-order chi connectivity index (χ1) is 7.19. The van der Waals surface area contributed by atoms with Crippen molar-refractivity contribution >= 4 is 27.7 Å². The summed E-state index contributed by atoms with van der Waals surface area (Å²) in [7, 11) is 1.48. The van der Waals surface area contributed by atoms with E-state index in [1.54, 1.807) is 24.3 Å². The molecule has 0 aliphatic carbocycles. The summed E-state index contributed by atoms with van der Waals surface area (Å²) >= 11 is 3.22. The summed E-state index contributed by atoms with van der Waals surface area (Å²) in [5, 5.41) is 11.4. The SMILES string of the molecule is COc1ccc(/C=C\CBr)c([N+](=O)[O-])c1. The maximum atomic E-state index is 10.8. The van der Waals surface area contributed by atoms with Crippen LogP contribution >= 0.6 is 15.9 Å². The van der Waals surface area contributed by atoms with Crippen molar-refractivity contribution in [3.8, 4) is 5.75 Å². The van der Waals surface area contributed by atoms with Crippen molar-refractivity contribution in [1.82, 2.24) is 0 Å². The molecular formula is C10H10BrNO3. The molecule has 5 heteroatoms. The van der Waals surface area contributed by atoms with Crippen LogP contribution in [0.25, 0.3) is 6.08 Å². The Kier molecular flexibility index (Phi) is 4.30. The zero-order chi connectivity index (χ0) is 11.3. The van der Waals surface area contributed by atoms with Gasteiger partial charge in [-0.1, -0.05) is 28.1 Å². The predicted molar refractivity (Wildman–Crippen MR) is 62.5 cm³/mol. The van der Waals surface area contributed by atoms with Crippen LogP contribution in [0.1, 0.15) is 5.56 Å². The Morgan fingerprint density at radius 3 is 2.87 bits per heavy atom. The standard InChI is InChI=1S/C10H10BrNO3/c1-15-9-5-4-8(3-2-6-11)10(7-9)12(13)14/h2-5,7H,6H2,1H3/b3-2-. The minimum Gasteiger partial charge on any atom is -0.497 e. The number of benzene rings is 1. The molecule has 1 aromatic rings. The maximum Gasteiger partial charge on any atom is 0.280 e. The predicted octanol–water partition coefficient (Wildman–Crippen LogP) is 3.01. The second-order valence-electron chi connectivity index (χ2n) is 2.74. The number of nitro benzene ring substituents is 1. The molecule has 0 aliphatic heterocycles. The lowest BCUT2D eigenvalue weighted by molar-refractivity contribution is -0.385. The summed E-state index contributed by atoms with van der Waals surface area (Å²) < 4.78 is 4.93. The highest BCUT2D eigenvalue weighted by Crippen LogP contribution is 2.25. The molecule has 0 saturated heterocycles. The number of hydrogen-bond donors (Lipinski definition) is 0. The molecule has 4 nitrogen and oxygen atoms in total. The van der Waals surface area contributed by atoms with Gasteiger partial charge in [-0.15, -0.1) is 0 Å². The highest BCUT2D eigenvalue weighted by molar-refractivity contribution is 9.09. The maximum absolute atomic E-state index is 10.8. The fourth-order valence-electron chi connectivity index (χ4n) is 1.12. The molecule has 0 aliphatic rings. The number of methoxy groups -OCH3 is 1. The Bertz CT molecular complexity index is 390. The Hall–Kier alpha value is -1.36. The minimum absolute atomic E-state index is 0.0477. The average molecular weight is 272 g/mol. The van der Waals surface area contributed by atoms with Gasteiger partial charge in [0.15, 0.2) is 0 Å². The van der Waals surface area contributed by atoms with Gasteiger partial charge < -0.3 is 4.74 Å². The van der Waals surface area contributed by atoms with Crippen LogP contribution < -0.4 is 4.74 Å². The Balaban J connectivity index is 3.15. The monoisotopic (exact) mass is 271 g/mol. The van der Waals surface area contributed by atoms with E-state index in [2.05, 4.69) is 15.9 Å². The number of hydrogen-bond acceptors (Lipinski definition) is 3. The third-order valence-corrected chi connectivity index (χ3v) is 2.19. The van der Waals surface area contributed by atoms with E-state index >= 15 is 0 Å². The molecule has 0 unspecified atom stereocenters. The van der Waals surface area contributed by atoms with Crippen molar-refractivity contribution < 1.29 is 9.66 Å². The molecule has 15 heavy (non-hydrogen) atoms. The first-order valence-electron chi connectivity index (χ1n) is 4.24. The second-order valence-corrected chi connectivity index (χ2v) is 3.39. The molecule has 0 atom stereocenters. The van der Waals surface area contributed by atoms with E-state index in [1.165, 1.54) is 13.2 Å². The molecule has 80 valence electrons. The summed E-state index contributed by atoms with van der Waals surface area (Å²) in [6, 6.07) is 4.77. The van der Waals surface area contributed by atoms with E-state index in [0.717, 1.165) is 0 Å². The van der Waals surface area contributed by atoms with Crippen LogP contribution in [0.3, 0.4) is 0 Å². The van der Waals surface area contributed by atoms with E-state index in [9.17, 15) is 10.1 Å². The van der Waals surface area contributed by atoms with Gasteiger partial charge in [-0.05, 0) is 12.1 Å². The van der Waals surface area contributed by atoms with Crippen LogP contribution in [0.15, 0.2) is 24.3 Å². The molecule has 0 spiro atoms. The van der Waals surface area contributed by atoms with Gasteiger partial charge in [0.2, 0.25) is 0 Å². The van der Waals surface area contributed by atoms with Crippen molar-refractivity contribution in [2.24, 2.45) is 0 Å². The van der Waals surface area contributed by atoms with Gasteiger partial charge in [0.25, 0.3) is 5.69 Å². The Morgan fingerprint density at radius 2 is 2.33 bits per heavy atom. The first kappa shape index (κ1) is 11.7. The smallest absolute Gasteiger partial charge is 0.280 e. The van der Waals surface area contributed by atoms with Gasteiger partial charge in [0, 0.05) is 5.33 Å². The highest BCUT2D eigenvalue weighted by Gasteiger charge is 2.12. The zero-order valence-corrected chi connectivity index (χ0v) is 9.73. The molecule has 1 aromatic carbocycles. The lowest BCUT2D eigenvalue weighted by Crippen LogP contribution is -1.93. The summed E-state index contributed by atoms with van der Waals surface area (Å²) in [6.07, 6.45) is 3.50. The molecule has 0 radical (unpaired) electrons.